The highest BCUT2D eigenvalue weighted by Gasteiger charge is 2.27. The van der Waals surface area contributed by atoms with Crippen LogP contribution < -0.4 is 0 Å². The normalized spacial score (nSPS) is 17.6. The first kappa shape index (κ1) is 14.4. The summed E-state index contributed by atoms with van der Waals surface area (Å²) >= 11 is 0. The maximum Gasteiger partial charge on any atom is 0.227 e. The lowest BCUT2D eigenvalue weighted by atomic mass is 9.98. The van der Waals surface area contributed by atoms with Crippen molar-refractivity contribution in [1.82, 2.24) is 4.90 Å². The number of aromatic hydroxyl groups is 2. The predicted octanol–water partition coefficient (Wildman–Crippen LogP) is 2.66. The van der Waals surface area contributed by atoms with Crippen LogP contribution in [0.1, 0.15) is 23.5 Å². The van der Waals surface area contributed by atoms with Crippen molar-refractivity contribution in [1.29, 1.82) is 0 Å². The summed E-state index contributed by atoms with van der Waals surface area (Å²) in [6.07, 6.45) is 1.26. The molecule has 1 atom stereocenters. The quantitative estimate of drug-likeness (QED) is 0.915. The van der Waals surface area contributed by atoms with Crippen LogP contribution in [0.15, 0.2) is 48.5 Å². The number of benzene rings is 2. The Kier molecular flexibility index (Phi) is 4.00. The van der Waals surface area contributed by atoms with E-state index in [1.54, 1.807) is 30.3 Å². The van der Waals surface area contributed by atoms with E-state index in [4.69, 9.17) is 0 Å². The zero-order chi connectivity index (χ0) is 15.5. The van der Waals surface area contributed by atoms with Crippen LogP contribution in [-0.2, 0) is 11.2 Å². The van der Waals surface area contributed by atoms with Gasteiger partial charge in [-0.2, -0.15) is 0 Å². The van der Waals surface area contributed by atoms with Gasteiger partial charge in [-0.25, -0.2) is 0 Å². The summed E-state index contributed by atoms with van der Waals surface area (Å²) in [5.74, 6) is 0.868. The fourth-order valence-corrected chi connectivity index (χ4v) is 2.96. The van der Waals surface area contributed by atoms with Gasteiger partial charge in [0, 0.05) is 19.0 Å². The summed E-state index contributed by atoms with van der Waals surface area (Å²) in [6, 6.07) is 14.0. The first-order chi connectivity index (χ1) is 10.6. The summed E-state index contributed by atoms with van der Waals surface area (Å²) in [5, 5.41) is 18.8. The van der Waals surface area contributed by atoms with E-state index in [9.17, 15) is 15.0 Å². The molecule has 0 saturated carbocycles. The first-order valence-electron chi connectivity index (χ1n) is 7.46. The molecule has 1 saturated heterocycles. The third kappa shape index (κ3) is 3.22. The Morgan fingerprint density at radius 3 is 2.59 bits per heavy atom. The maximum atomic E-state index is 12.4. The number of amides is 1. The van der Waals surface area contributed by atoms with Crippen LogP contribution >= 0.6 is 0 Å². The standard InChI is InChI=1S/C18H19NO3/c20-16-6-4-14(5-7-16)15-8-9-19(12-15)18(22)11-13-2-1-3-17(21)10-13/h1-7,10,15,20-21H,8-9,11-12H2. The number of carbonyl (C=O) groups excluding carboxylic acids is 1. The minimum Gasteiger partial charge on any atom is -0.508 e. The molecule has 4 heteroatoms. The third-order valence-corrected chi connectivity index (χ3v) is 4.17. The van der Waals surface area contributed by atoms with E-state index >= 15 is 0 Å². The van der Waals surface area contributed by atoms with E-state index in [0.29, 0.717) is 18.9 Å². The topological polar surface area (TPSA) is 60.8 Å². The summed E-state index contributed by atoms with van der Waals surface area (Å²) in [5.41, 5.74) is 1.99. The van der Waals surface area contributed by atoms with Gasteiger partial charge in [0.2, 0.25) is 5.91 Å². The molecule has 0 bridgehead atoms. The highest BCUT2D eigenvalue weighted by molar-refractivity contribution is 5.79. The van der Waals surface area contributed by atoms with E-state index in [1.165, 1.54) is 0 Å². The molecule has 2 aromatic rings. The average molecular weight is 297 g/mol. The molecule has 1 aliphatic heterocycles. The second-order valence-electron chi connectivity index (χ2n) is 5.76. The largest absolute Gasteiger partial charge is 0.508 e. The van der Waals surface area contributed by atoms with Crippen LogP contribution in [0, 0.1) is 0 Å². The van der Waals surface area contributed by atoms with Gasteiger partial charge in [0.1, 0.15) is 11.5 Å². The van der Waals surface area contributed by atoms with Gasteiger partial charge >= 0.3 is 0 Å². The molecule has 1 heterocycles. The summed E-state index contributed by atoms with van der Waals surface area (Å²) in [4.78, 5) is 14.2. The highest BCUT2D eigenvalue weighted by Crippen LogP contribution is 2.28. The Morgan fingerprint density at radius 1 is 1.09 bits per heavy atom. The number of hydrogen-bond donors (Lipinski definition) is 2. The zero-order valence-electron chi connectivity index (χ0n) is 12.3. The average Bonchev–Trinajstić information content (AvgIpc) is 2.98. The van der Waals surface area contributed by atoms with E-state index in [0.717, 1.165) is 24.1 Å². The molecule has 3 rings (SSSR count). The zero-order valence-corrected chi connectivity index (χ0v) is 12.3. The Bertz CT molecular complexity index is 666. The molecule has 4 nitrogen and oxygen atoms in total. The molecule has 114 valence electrons. The van der Waals surface area contributed by atoms with Crippen LogP contribution in [0.3, 0.4) is 0 Å². The monoisotopic (exact) mass is 297 g/mol. The smallest absolute Gasteiger partial charge is 0.227 e. The van der Waals surface area contributed by atoms with Gasteiger partial charge < -0.3 is 15.1 Å². The molecule has 2 aromatic carbocycles. The van der Waals surface area contributed by atoms with Crippen molar-refractivity contribution in [3.8, 4) is 11.5 Å². The summed E-state index contributed by atoms with van der Waals surface area (Å²) in [6.45, 7) is 1.46. The molecule has 0 spiro atoms. The SMILES string of the molecule is O=C(Cc1cccc(O)c1)N1CCC(c2ccc(O)cc2)C1. The van der Waals surface area contributed by atoms with Gasteiger partial charge in [-0.05, 0) is 41.8 Å². The van der Waals surface area contributed by atoms with E-state index in [-0.39, 0.29) is 17.4 Å². The Morgan fingerprint density at radius 2 is 1.86 bits per heavy atom. The minimum absolute atomic E-state index is 0.0897. The van der Waals surface area contributed by atoms with Gasteiger partial charge in [0.25, 0.3) is 0 Å². The number of nitrogens with zero attached hydrogens (tertiary/aromatic N) is 1. The summed E-state index contributed by atoms with van der Waals surface area (Å²) < 4.78 is 0. The molecule has 1 fully saturated rings. The van der Waals surface area contributed by atoms with Gasteiger partial charge in [0.05, 0.1) is 6.42 Å². The lowest BCUT2D eigenvalue weighted by Crippen LogP contribution is -2.29. The minimum atomic E-state index is 0.0897. The second kappa shape index (κ2) is 6.10. The van der Waals surface area contributed by atoms with E-state index in [1.807, 2.05) is 23.1 Å². The number of carbonyl (C=O) groups is 1. The molecular weight excluding hydrogens is 278 g/mol. The number of phenolic OH excluding ortho intramolecular Hbond substituents is 2. The van der Waals surface area contributed by atoms with Crippen molar-refractivity contribution in [3.63, 3.8) is 0 Å². The molecule has 22 heavy (non-hydrogen) atoms. The molecule has 0 radical (unpaired) electrons. The van der Waals surface area contributed by atoms with Crippen molar-refractivity contribution in [3.05, 3.63) is 59.7 Å². The van der Waals surface area contributed by atoms with Gasteiger partial charge in [0.15, 0.2) is 0 Å². The Labute approximate surface area is 129 Å². The summed E-state index contributed by atoms with van der Waals surface area (Å²) in [7, 11) is 0. The number of hydrogen-bond acceptors (Lipinski definition) is 3. The van der Waals surface area contributed by atoms with Gasteiger partial charge in [-0.1, -0.05) is 24.3 Å². The van der Waals surface area contributed by atoms with E-state index in [2.05, 4.69) is 0 Å². The fourth-order valence-electron chi connectivity index (χ4n) is 2.96. The Balaban J connectivity index is 1.62. The third-order valence-electron chi connectivity index (χ3n) is 4.17. The molecular formula is C18H19NO3. The number of rotatable bonds is 3. The molecule has 2 N–H and O–H groups in total. The van der Waals surface area contributed by atoms with Gasteiger partial charge in [-0.15, -0.1) is 0 Å². The van der Waals surface area contributed by atoms with Crippen molar-refractivity contribution >= 4 is 5.91 Å². The molecule has 0 aromatic heterocycles. The van der Waals surface area contributed by atoms with E-state index < -0.39 is 0 Å². The van der Waals surface area contributed by atoms with Crippen LogP contribution in [0.25, 0.3) is 0 Å². The second-order valence-corrected chi connectivity index (χ2v) is 5.76. The van der Waals surface area contributed by atoms with Crippen LogP contribution in [0.2, 0.25) is 0 Å². The van der Waals surface area contributed by atoms with Crippen LogP contribution in [0.5, 0.6) is 11.5 Å². The number of likely N-dealkylation sites (tertiary alicyclic amines) is 1. The highest BCUT2D eigenvalue weighted by atomic mass is 16.3. The van der Waals surface area contributed by atoms with Crippen molar-refractivity contribution in [2.24, 2.45) is 0 Å². The maximum absolute atomic E-state index is 12.4. The van der Waals surface area contributed by atoms with Crippen molar-refractivity contribution in [2.75, 3.05) is 13.1 Å². The lowest BCUT2D eigenvalue weighted by molar-refractivity contribution is -0.129. The van der Waals surface area contributed by atoms with Crippen molar-refractivity contribution in [2.45, 2.75) is 18.8 Å². The molecule has 1 unspecified atom stereocenters. The number of phenols is 2. The van der Waals surface area contributed by atoms with Crippen LogP contribution in [0.4, 0.5) is 0 Å². The Hall–Kier alpha value is -2.49. The fraction of sp³-hybridized carbons (Fsp3) is 0.278. The predicted molar refractivity (Wildman–Crippen MR) is 83.9 cm³/mol. The molecule has 0 aliphatic carbocycles. The molecule has 1 aliphatic rings. The lowest BCUT2D eigenvalue weighted by Gasteiger charge is -2.17. The first-order valence-corrected chi connectivity index (χ1v) is 7.46. The molecule has 1 amide bonds. The van der Waals surface area contributed by atoms with Crippen LogP contribution in [-0.4, -0.2) is 34.1 Å². The van der Waals surface area contributed by atoms with Crippen molar-refractivity contribution < 1.29 is 15.0 Å². The van der Waals surface area contributed by atoms with Gasteiger partial charge in [-0.3, -0.25) is 4.79 Å².